The quantitative estimate of drug-likeness (QED) is 0.729. The zero-order chi connectivity index (χ0) is 17.6. The van der Waals surface area contributed by atoms with Gasteiger partial charge < -0.3 is 4.90 Å². The molecule has 25 heavy (non-hydrogen) atoms. The van der Waals surface area contributed by atoms with Gasteiger partial charge in [-0.05, 0) is 61.6 Å². The van der Waals surface area contributed by atoms with E-state index in [1.165, 1.54) is 24.8 Å². The van der Waals surface area contributed by atoms with Crippen LogP contribution in [0.2, 0.25) is 5.02 Å². The Hall–Kier alpha value is -1.61. The Morgan fingerprint density at radius 1 is 1.16 bits per heavy atom. The van der Waals surface area contributed by atoms with Gasteiger partial charge in [0.1, 0.15) is 0 Å². The van der Waals surface area contributed by atoms with Crippen molar-refractivity contribution < 1.29 is 4.79 Å². The van der Waals surface area contributed by atoms with Crippen LogP contribution in [0.15, 0.2) is 18.2 Å². The minimum absolute atomic E-state index is 0.121. The maximum Gasteiger partial charge on any atom is 0.253 e. The number of piperidine rings is 1. The first-order valence-corrected chi connectivity index (χ1v) is 9.81. The third-order valence-electron chi connectivity index (χ3n) is 5.60. The molecule has 0 N–H and O–H groups in total. The van der Waals surface area contributed by atoms with Crippen molar-refractivity contribution in [2.24, 2.45) is 11.8 Å². The Morgan fingerprint density at radius 2 is 1.88 bits per heavy atom. The Kier molecular flexibility index (Phi) is 4.45. The average Bonchev–Trinajstić information content (AvgIpc) is 2.60. The molecule has 0 unspecified atom stereocenters. The van der Waals surface area contributed by atoms with Gasteiger partial charge in [-0.15, -0.1) is 0 Å². The van der Waals surface area contributed by atoms with Gasteiger partial charge >= 0.3 is 0 Å². The first-order valence-electron chi connectivity index (χ1n) is 9.43. The van der Waals surface area contributed by atoms with Crippen LogP contribution in [-0.4, -0.2) is 28.9 Å². The molecule has 2 heterocycles. The third kappa shape index (κ3) is 3.15. The second-order valence-electron chi connectivity index (χ2n) is 7.95. The molecule has 1 aromatic heterocycles. The number of likely N-dealkylation sites (tertiary alicyclic amines) is 1. The number of benzene rings is 1. The number of carbonyl (C=O) groups excluding carboxylic acids is 1. The normalized spacial score (nSPS) is 23.6. The molecular weight excluding hydrogens is 332 g/mol. The Bertz CT molecular complexity index is 822. The first kappa shape index (κ1) is 16.8. The molecule has 1 aliphatic heterocycles. The van der Waals surface area contributed by atoms with Crippen molar-refractivity contribution in [1.29, 1.82) is 0 Å². The lowest BCUT2D eigenvalue weighted by atomic mass is 9.91. The smallest absolute Gasteiger partial charge is 0.253 e. The lowest BCUT2D eigenvalue weighted by molar-refractivity contribution is 0.0623. The van der Waals surface area contributed by atoms with Gasteiger partial charge in [0.25, 0.3) is 5.91 Å². The van der Waals surface area contributed by atoms with Gasteiger partial charge in [0, 0.05) is 29.7 Å². The summed E-state index contributed by atoms with van der Waals surface area (Å²) in [6.07, 6.45) is 5.56. The van der Waals surface area contributed by atoms with Crippen LogP contribution in [0.4, 0.5) is 0 Å². The topological polar surface area (TPSA) is 33.2 Å². The van der Waals surface area contributed by atoms with Gasteiger partial charge in [-0.1, -0.05) is 31.5 Å². The lowest BCUT2D eigenvalue weighted by Crippen LogP contribution is -2.42. The molecule has 0 bridgehead atoms. The minimum Gasteiger partial charge on any atom is -0.338 e. The number of aromatic nitrogens is 1. The molecule has 132 valence electrons. The van der Waals surface area contributed by atoms with E-state index in [0.29, 0.717) is 11.8 Å². The van der Waals surface area contributed by atoms with Crippen LogP contribution in [0.1, 0.15) is 54.7 Å². The Morgan fingerprint density at radius 3 is 2.64 bits per heavy atom. The van der Waals surface area contributed by atoms with Gasteiger partial charge in [-0.25, -0.2) is 0 Å². The second kappa shape index (κ2) is 6.60. The number of nitrogens with zero attached hydrogens (tertiary/aromatic N) is 2. The molecule has 2 aromatic rings. The van der Waals surface area contributed by atoms with Crippen molar-refractivity contribution in [2.75, 3.05) is 13.1 Å². The van der Waals surface area contributed by atoms with E-state index >= 15 is 0 Å². The number of fused-ring (bicyclic) bond motifs is 2. The van der Waals surface area contributed by atoms with Crippen molar-refractivity contribution in [3.63, 3.8) is 0 Å². The molecule has 2 aliphatic rings. The van der Waals surface area contributed by atoms with Crippen LogP contribution < -0.4 is 0 Å². The van der Waals surface area contributed by atoms with Crippen LogP contribution in [0, 0.1) is 11.8 Å². The molecule has 0 spiro atoms. The van der Waals surface area contributed by atoms with E-state index in [2.05, 4.69) is 13.8 Å². The van der Waals surface area contributed by atoms with Gasteiger partial charge in [0.05, 0.1) is 10.5 Å². The zero-order valence-corrected chi connectivity index (χ0v) is 15.8. The standard InChI is InChI=1S/C21H25ClN2O/c1-13-9-14(2)12-24(11-13)21(25)15-7-8-17-19(10-15)23-18-6-4-3-5-16(18)20(17)22/h7-8,10,13-14H,3-6,9,11-12H2,1-2H3/t13-,14-/m1/s1. The summed E-state index contributed by atoms with van der Waals surface area (Å²) in [4.78, 5) is 19.8. The fraction of sp³-hybridized carbons (Fsp3) is 0.524. The molecular formula is C21H25ClN2O. The van der Waals surface area contributed by atoms with Crippen molar-refractivity contribution in [1.82, 2.24) is 9.88 Å². The number of pyridine rings is 1. The number of hydrogen-bond acceptors (Lipinski definition) is 2. The predicted molar refractivity (Wildman–Crippen MR) is 102 cm³/mol. The highest BCUT2D eigenvalue weighted by molar-refractivity contribution is 6.36. The van der Waals surface area contributed by atoms with Crippen molar-refractivity contribution >= 4 is 28.4 Å². The van der Waals surface area contributed by atoms with E-state index in [1.54, 1.807) is 0 Å². The summed E-state index contributed by atoms with van der Waals surface area (Å²) in [5.41, 5.74) is 3.91. The molecule has 1 aromatic carbocycles. The van der Waals surface area contributed by atoms with Crippen LogP contribution in [0.3, 0.4) is 0 Å². The molecule has 4 rings (SSSR count). The van der Waals surface area contributed by atoms with Crippen LogP contribution in [0.25, 0.3) is 10.9 Å². The monoisotopic (exact) mass is 356 g/mol. The summed E-state index contributed by atoms with van der Waals surface area (Å²) < 4.78 is 0. The summed E-state index contributed by atoms with van der Waals surface area (Å²) in [7, 11) is 0. The highest BCUT2D eigenvalue weighted by atomic mass is 35.5. The Balaban J connectivity index is 1.70. The Labute approximate surface area is 154 Å². The summed E-state index contributed by atoms with van der Waals surface area (Å²) in [5, 5.41) is 1.80. The summed E-state index contributed by atoms with van der Waals surface area (Å²) in [6, 6.07) is 5.82. The van der Waals surface area contributed by atoms with Gasteiger partial charge in [-0.3, -0.25) is 9.78 Å². The largest absolute Gasteiger partial charge is 0.338 e. The van der Waals surface area contributed by atoms with E-state index in [9.17, 15) is 4.79 Å². The number of halogens is 1. The predicted octanol–water partition coefficient (Wildman–Crippen LogP) is 4.89. The fourth-order valence-corrected chi connectivity index (χ4v) is 4.87. The number of aryl methyl sites for hydroxylation is 1. The van der Waals surface area contributed by atoms with Gasteiger partial charge in [-0.2, -0.15) is 0 Å². The van der Waals surface area contributed by atoms with Gasteiger partial charge in [0.15, 0.2) is 0 Å². The third-order valence-corrected chi connectivity index (χ3v) is 6.03. The SMILES string of the molecule is C[C@@H]1C[C@@H](C)CN(C(=O)c2ccc3c(Cl)c4c(nc3c2)CCCC4)C1. The number of amides is 1. The van der Waals surface area contributed by atoms with E-state index in [1.807, 2.05) is 23.1 Å². The number of hydrogen-bond donors (Lipinski definition) is 0. The van der Waals surface area contributed by atoms with Crippen LogP contribution >= 0.6 is 11.6 Å². The maximum absolute atomic E-state index is 13.0. The van der Waals surface area contributed by atoms with Crippen molar-refractivity contribution in [3.05, 3.63) is 40.0 Å². The minimum atomic E-state index is 0.121. The van der Waals surface area contributed by atoms with Crippen molar-refractivity contribution in [2.45, 2.75) is 46.0 Å². The summed E-state index contributed by atoms with van der Waals surface area (Å²) >= 11 is 6.64. The lowest BCUT2D eigenvalue weighted by Gasteiger charge is -2.35. The zero-order valence-electron chi connectivity index (χ0n) is 15.0. The average molecular weight is 357 g/mol. The second-order valence-corrected chi connectivity index (χ2v) is 8.32. The highest BCUT2D eigenvalue weighted by Crippen LogP contribution is 2.33. The molecule has 1 fully saturated rings. The van der Waals surface area contributed by atoms with Crippen LogP contribution in [-0.2, 0) is 12.8 Å². The van der Waals surface area contributed by atoms with E-state index in [-0.39, 0.29) is 5.91 Å². The van der Waals surface area contributed by atoms with Gasteiger partial charge in [0.2, 0.25) is 0 Å². The summed E-state index contributed by atoms with van der Waals surface area (Å²) in [6.45, 7) is 6.15. The molecule has 1 aliphatic carbocycles. The van der Waals surface area contributed by atoms with E-state index < -0.39 is 0 Å². The molecule has 0 saturated carbocycles. The number of carbonyl (C=O) groups is 1. The molecule has 0 radical (unpaired) electrons. The van der Waals surface area contributed by atoms with E-state index in [4.69, 9.17) is 16.6 Å². The van der Waals surface area contributed by atoms with Crippen molar-refractivity contribution in [3.8, 4) is 0 Å². The van der Waals surface area contributed by atoms with E-state index in [0.717, 1.165) is 53.1 Å². The molecule has 1 saturated heterocycles. The molecule has 3 nitrogen and oxygen atoms in total. The highest BCUT2D eigenvalue weighted by Gasteiger charge is 2.26. The molecule has 1 amide bonds. The maximum atomic E-state index is 13.0. The first-order chi connectivity index (χ1) is 12.0. The number of rotatable bonds is 1. The van der Waals surface area contributed by atoms with Crippen LogP contribution in [0.5, 0.6) is 0 Å². The molecule has 2 atom stereocenters. The fourth-order valence-electron chi connectivity index (χ4n) is 4.51. The molecule has 4 heteroatoms. The summed E-state index contributed by atoms with van der Waals surface area (Å²) in [5.74, 6) is 1.25.